The van der Waals surface area contributed by atoms with Crippen molar-refractivity contribution in [3.63, 3.8) is 0 Å². The fraction of sp³-hybridized carbons (Fsp3) is 0.351. The van der Waals surface area contributed by atoms with Gasteiger partial charge in [-0.2, -0.15) is 0 Å². The van der Waals surface area contributed by atoms with E-state index in [1.807, 2.05) is 30.3 Å². The van der Waals surface area contributed by atoms with Crippen molar-refractivity contribution in [2.24, 2.45) is 0 Å². The summed E-state index contributed by atoms with van der Waals surface area (Å²) in [5.41, 5.74) is 7.57. The number of ether oxygens (including phenoxy) is 4. The summed E-state index contributed by atoms with van der Waals surface area (Å²) >= 11 is 0. The molecule has 4 aromatic rings. The number of nitrogens with zero attached hydrogens (tertiary/aromatic N) is 2. The first-order valence-corrected chi connectivity index (χ1v) is 15.3. The van der Waals surface area contributed by atoms with E-state index in [-0.39, 0.29) is 17.8 Å². The van der Waals surface area contributed by atoms with Gasteiger partial charge in [-0.05, 0) is 122 Å². The molecule has 4 aromatic carbocycles. The third-order valence-electron chi connectivity index (χ3n) is 9.28. The Hall–Kier alpha value is -4.20. The molecule has 7 nitrogen and oxygen atoms in total. The topological polar surface area (TPSA) is 63.6 Å². The molecule has 2 unspecified atom stereocenters. The lowest BCUT2D eigenvalue weighted by Crippen LogP contribution is -2.33. The van der Waals surface area contributed by atoms with E-state index in [0.29, 0.717) is 11.5 Å². The Morgan fingerprint density at radius 1 is 0.614 bits per heavy atom. The molecule has 0 fully saturated rings. The van der Waals surface area contributed by atoms with E-state index in [1.54, 1.807) is 27.4 Å². The first-order chi connectivity index (χ1) is 21.4. The third-order valence-corrected chi connectivity index (χ3v) is 9.28. The number of fused-ring (bicyclic) bond motifs is 2. The summed E-state index contributed by atoms with van der Waals surface area (Å²) in [5, 5.41) is 10.7. The van der Waals surface area contributed by atoms with E-state index in [0.717, 1.165) is 61.6 Å². The fourth-order valence-electron chi connectivity index (χ4n) is 6.65. The largest absolute Gasteiger partial charge is 0.504 e. The predicted molar refractivity (Wildman–Crippen MR) is 173 cm³/mol. The zero-order chi connectivity index (χ0) is 30.8. The predicted octanol–water partition coefficient (Wildman–Crippen LogP) is 6.75. The van der Waals surface area contributed by atoms with Gasteiger partial charge in [-0.3, -0.25) is 9.80 Å². The molecule has 0 radical (unpaired) electrons. The summed E-state index contributed by atoms with van der Waals surface area (Å²) in [4.78, 5) is 4.79. The number of hydrogen-bond donors (Lipinski definition) is 1. The fourth-order valence-corrected chi connectivity index (χ4v) is 6.65. The first-order valence-electron chi connectivity index (χ1n) is 15.3. The van der Waals surface area contributed by atoms with E-state index < -0.39 is 0 Å². The Bertz CT molecular complexity index is 1620. The number of phenolic OH excluding ortho intramolecular Hbond substituents is 1. The van der Waals surface area contributed by atoms with Gasteiger partial charge >= 0.3 is 0 Å². The van der Waals surface area contributed by atoms with Crippen LogP contribution in [0.3, 0.4) is 0 Å². The highest BCUT2D eigenvalue weighted by Gasteiger charge is 2.28. The number of phenols is 1. The lowest BCUT2D eigenvalue weighted by Gasteiger charge is -2.35. The minimum Gasteiger partial charge on any atom is -0.504 e. The molecule has 6 rings (SSSR count). The summed E-state index contributed by atoms with van der Waals surface area (Å²) in [6, 6.07) is 24.9. The molecule has 7 heteroatoms. The van der Waals surface area contributed by atoms with Gasteiger partial charge in [0.1, 0.15) is 11.5 Å². The summed E-state index contributed by atoms with van der Waals surface area (Å²) in [7, 11) is 9.43. The average Bonchev–Trinajstić information content (AvgIpc) is 3.05. The van der Waals surface area contributed by atoms with E-state index >= 15 is 0 Å². The molecule has 0 saturated carbocycles. The summed E-state index contributed by atoms with van der Waals surface area (Å²) < 4.78 is 22.9. The molecule has 44 heavy (non-hydrogen) atoms. The van der Waals surface area contributed by atoms with Crippen molar-refractivity contribution < 1.29 is 24.1 Å². The molecule has 2 heterocycles. The molecule has 2 atom stereocenters. The molecule has 1 N–H and O–H groups in total. The molecule has 0 spiro atoms. The molecule has 0 aromatic heterocycles. The number of likely N-dealkylation sites (N-methyl/N-ethyl adjacent to an activating group) is 2. The van der Waals surface area contributed by atoms with E-state index in [2.05, 4.69) is 60.3 Å². The maximum absolute atomic E-state index is 10.7. The van der Waals surface area contributed by atoms with Crippen LogP contribution in [0.5, 0.6) is 34.5 Å². The molecule has 2 aliphatic rings. The monoisotopic (exact) mass is 594 g/mol. The molecular weight excluding hydrogens is 552 g/mol. The van der Waals surface area contributed by atoms with Crippen LogP contribution in [0.4, 0.5) is 0 Å². The van der Waals surface area contributed by atoms with Gasteiger partial charge in [-0.15, -0.1) is 0 Å². The van der Waals surface area contributed by atoms with Gasteiger partial charge in [0, 0.05) is 25.2 Å². The standard InChI is InChI=1S/C37H42N2O5/c1-38-16-14-26-9-12-29(41-3)22-30(26)33(38)19-25-8-13-34(40)35(20-25)44-28-10-6-24(7-11-28)18-32-31-23-37(43-5)36(42-4)21-27(31)15-17-39(32)2/h6-13,20-23,32-33,40H,14-19H2,1-5H3. The zero-order valence-corrected chi connectivity index (χ0v) is 26.3. The molecular formula is C37H42N2O5. The molecule has 0 saturated heterocycles. The molecule has 0 aliphatic carbocycles. The van der Waals surface area contributed by atoms with Crippen molar-refractivity contribution in [1.29, 1.82) is 0 Å². The van der Waals surface area contributed by atoms with Crippen LogP contribution in [0.1, 0.15) is 45.5 Å². The summed E-state index contributed by atoms with van der Waals surface area (Å²) in [6.45, 7) is 1.99. The second-order valence-corrected chi connectivity index (χ2v) is 11.9. The van der Waals surface area contributed by atoms with E-state index in [4.69, 9.17) is 18.9 Å². The van der Waals surface area contributed by atoms with E-state index in [9.17, 15) is 5.11 Å². The number of methoxy groups -OCH3 is 3. The van der Waals surface area contributed by atoms with Crippen LogP contribution in [0.25, 0.3) is 0 Å². The van der Waals surface area contributed by atoms with Gasteiger partial charge in [0.25, 0.3) is 0 Å². The van der Waals surface area contributed by atoms with Gasteiger partial charge in [0.05, 0.1) is 21.3 Å². The average molecular weight is 595 g/mol. The van der Waals surface area contributed by atoms with Gasteiger partial charge < -0.3 is 24.1 Å². The smallest absolute Gasteiger partial charge is 0.169 e. The van der Waals surface area contributed by atoms with Crippen LogP contribution < -0.4 is 18.9 Å². The number of rotatable bonds is 9. The van der Waals surface area contributed by atoms with Crippen molar-refractivity contribution in [2.75, 3.05) is 48.5 Å². The van der Waals surface area contributed by atoms with Crippen molar-refractivity contribution in [3.05, 3.63) is 106 Å². The van der Waals surface area contributed by atoms with Crippen molar-refractivity contribution in [3.8, 4) is 34.5 Å². The Kier molecular flexibility index (Phi) is 8.69. The third kappa shape index (κ3) is 6.07. The van der Waals surface area contributed by atoms with Gasteiger partial charge in [0.2, 0.25) is 0 Å². The molecule has 2 aliphatic heterocycles. The van der Waals surface area contributed by atoms with Crippen LogP contribution in [0.15, 0.2) is 72.8 Å². The lowest BCUT2D eigenvalue weighted by molar-refractivity contribution is 0.228. The zero-order valence-electron chi connectivity index (χ0n) is 26.3. The first kappa shape index (κ1) is 29.9. The SMILES string of the molecule is COc1ccc2c(c1)C(Cc1ccc(O)c(Oc3ccc(CC4c5cc(OC)c(OC)cc5CCN4C)cc3)c1)N(C)CC2. The van der Waals surface area contributed by atoms with Gasteiger partial charge in [-0.1, -0.05) is 24.3 Å². The van der Waals surface area contributed by atoms with Crippen molar-refractivity contribution >= 4 is 0 Å². The van der Waals surface area contributed by atoms with Crippen LogP contribution in [0, 0.1) is 0 Å². The molecule has 0 bridgehead atoms. The van der Waals surface area contributed by atoms with Crippen LogP contribution in [-0.2, 0) is 25.7 Å². The van der Waals surface area contributed by atoms with Gasteiger partial charge in [0.15, 0.2) is 23.0 Å². The Labute approximate surface area is 260 Å². The van der Waals surface area contributed by atoms with Crippen LogP contribution >= 0.6 is 0 Å². The molecule has 230 valence electrons. The minimum atomic E-state index is 0.127. The Balaban J connectivity index is 1.18. The van der Waals surface area contributed by atoms with Crippen LogP contribution in [-0.4, -0.2) is 63.4 Å². The van der Waals surface area contributed by atoms with Crippen molar-refractivity contribution in [2.45, 2.75) is 37.8 Å². The van der Waals surface area contributed by atoms with E-state index in [1.165, 1.54) is 27.8 Å². The summed E-state index contributed by atoms with van der Waals surface area (Å²) in [6.07, 6.45) is 3.68. The lowest BCUT2D eigenvalue weighted by atomic mass is 9.88. The highest BCUT2D eigenvalue weighted by molar-refractivity contribution is 5.50. The second kappa shape index (κ2) is 12.8. The number of aromatic hydroxyl groups is 1. The summed E-state index contributed by atoms with van der Waals surface area (Å²) in [5.74, 6) is 3.69. The Morgan fingerprint density at radius 3 is 1.89 bits per heavy atom. The molecule has 0 amide bonds. The highest BCUT2D eigenvalue weighted by atomic mass is 16.5. The quantitative estimate of drug-likeness (QED) is 0.230. The maximum atomic E-state index is 10.7. The highest BCUT2D eigenvalue weighted by Crippen LogP contribution is 2.40. The maximum Gasteiger partial charge on any atom is 0.169 e. The minimum absolute atomic E-state index is 0.127. The Morgan fingerprint density at radius 2 is 1.20 bits per heavy atom. The van der Waals surface area contributed by atoms with Crippen LogP contribution in [0.2, 0.25) is 0 Å². The second-order valence-electron chi connectivity index (χ2n) is 11.9. The van der Waals surface area contributed by atoms with Gasteiger partial charge in [-0.25, -0.2) is 0 Å². The normalized spacial score (nSPS) is 18.3. The van der Waals surface area contributed by atoms with Crippen molar-refractivity contribution in [1.82, 2.24) is 9.80 Å². The number of benzene rings is 4. The number of hydrogen-bond acceptors (Lipinski definition) is 7.